The molecule has 1 rings (SSSR count). The number of rotatable bonds is 6. The standard InChI is InChI=1S/C11H19N3O/c1-3-13-11(15)6-7-12-9-10-5-4-8-14(10)2/h4-5,8,12H,3,6-7,9H2,1-2H3,(H,13,15). The maximum atomic E-state index is 11.1. The first-order valence-corrected chi connectivity index (χ1v) is 5.31. The van der Waals surface area contributed by atoms with Gasteiger partial charge in [-0.05, 0) is 19.1 Å². The Balaban J connectivity index is 2.12. The van der Waals surface area contributed by atoms with E-state index in [9.17, 15) is 4.79 Å². The first-order chi connectivity index (χ1) is 7.24. The summed E-state index contributed by atoms with van der Waals surface area (Å²) in [5, 5.41) is 6.00. The second kappa shape index (κ2) is 6.24. The number of nitrogens with one attached hydrogen (secondary N) is 2. The van der Waals surface area contributed by atoms with Crippen molar-refractivity contribution in [2.75, 3.05) is 13.1 Å². The molecule has 0 aliphatic carbocycles. The molecule has 0 atom stereocenters. The Morgan fingerprint density at radius 2 is 2.33 bits per heavy atom. The summed E-state index contributed by atoms with van der Waals surface area (Å²) < 4.78 is 2.07. The molecule has 0 aliphatic heterocycles. The number of hydrogen-bond acceptors (Lipinski definition) is 2. The highest BCUT2D eigenvalue weighted by atomic mass is 16.1. The average Bonchev–Trinajstić information content (AvgIpc) is 2.60. The zero-order valence-electron chi connectivity index (χ0n) is 9.42. The lowest BCUT2D eigenvalue weighted by atomic mass is 10.3. The number of carbonyl (C=O) groups excluding carboxylic acids is 1. The quantitative estimate of drug-likeness (QED) is 0.675. The zero-order chi connectivity index (χ0) is 11.1. The molecule has 0 saturated heterocycles. The van der Waals surface area contributed by atoms with Crippen molar-refractivity contribution in [2.24, 2.45) is 7.05 Å². The maximum absolute atomic E-state index is 11.1. The predicted molar refractivity (Wildman–Crippen MR) is 60.4 cm³/mol. The second-order valence-corrected chi connectivity index (χ2v) is 3.49. The van der Waals surface area contributed by atoms with Gasteiger partial charge >= 0.3 is 0 Å². The van der Waals surface area contributed by atoms with Gasteiger partial charge < -0.3 is 15.2 Å². The topological polar surface area (TPSA) is 46.1 Å². The number of aryl methyl sites for hydroxylation is 1. The fourth-order valence-electron chi connectivity index (χ4n) is 1.38. The van der Waals surface area contributed by atoms with Gasteiger partial charge in [-0.15, -0.1) is 0 Å². The van der Waals surface area contributed by atoms with Crippen LogP contribution in [0.15, 0.2) is 18.3 Å². The van der Waals surface area contributed by atoms with Crippen LogP contribution in [-0.4, -0.2) is 23.6 Å². The van der Waals surface area contributed by atoms with Gasteiger partial charge in [0.05, 0.1) is 0 Å². The van der Waals surface area contributed by atoms with E-state index in [0.29, 0.717) is 13.0 Å². The molecule has 1 aromatic heterocycles. The van der Waals surface area contributed by atoms with Gasteiger partial charge in [0.1, 0.15) is 0 Å². The van der Waals surface area contributed by atoms with Crippen molar-refractivity contribution in [2.45, 2.75) is 19.9 Å². The summed E-state index contributed by atoms with van der Waals surface area (Å²) in [6.45, 7) is 4.16. The van der Waals surface area contributed by atoms with Gasteiger partial charge in [0.25, 0.3) is 0 Å². The largest absolute Gasteiger partial charge is 0.356 e. The van der Waals surface area contributed by atoms with Gasteiger partial charge in [-0.3, -0.25) is 4.79 Å². The SMILES string of the molecule is CCNC(=O)CCNCc1cccn1C. The lowest BCUT2D eigenvalue weighted by molar-refractivity contribution is -0.120. The Labute approximate surface area is 90.7 Å². The van der Waals surface area contributed by atoms with Crippen molar-refractivity contribution in [3.63, 3.8) is 0 Å². The minimum Gasteiger partial charge on any atom is -0.356 e. The van der Waals surface area contributed by atoms with Gasteiger partial charge in [-0.1, -0.05) is 0 Å². The Hall–Kier alpha value is -1.29. The van der Waals surface area contributed by atoms with Crippen molar-refractivity contribution in [3.05, 3.63) is 24.0 Å². The van der Waals surface area contributed by atoms with Crippen LogP contribution in [0.4, 0.5) is 0 Å². The number of nitrogens with zero attached hydrogens (tertiary/aromatic N) is 1. The highest BCUT2D eigenvalue weighted by Crippen LogP contribution is 1.97. The van der Waals surface area contributed by atoms with E-state index < -0.39 is 0 Å². The molecule has 1 aromatic rings. The minimum absolute atomic E-state index is 0.108. The lowest BCUT2D eigenvalue weighted by Crippen LogP contribution is -2.27. The number of amides is 1. The normalized spacial score (nSPS) is 10.3. The van der Waals surface area contributed by atoms with Gasteiger partial charge in [0.2, 0.25) is 5.91 Å². The first kappa shape index (κ1) is 11.8. The number of aromatic nitrogens is 1. The van der Waals surface area contributed by atoms with Crippen LogP contribution in [0.2, 0.25) is 0 Å². The lowest BCUT2D eigenvalue weighted by Gasteiger charge is -2.06. The van der Waals surface area contributed by atoms with E-state index in [1.165, 1.54) is 5.69 Å². The van der Waals surface area contributed by atoms with Crippen molar-refractivity contribution in [1.29, 1.82) is 0 Å². The maximum Gasteiger partial charge on any atom is 0.221 e. The molecule has 0 radical (unpaired) electrons. The van der Waals surface area contributed by atoms with Crippen molar-refractivity contribution < 1.29 is 4.79 Å². The van der Waals surface area contributed by atoms with Crippen LogP contribution >= 0.6 is 0 Å². The van der Waals surface area contributed by atoms with E-state index in [1.807, 2.05) is 26.2 Å². The molecule has 0 aliphatic rings. The summed E-state index contributed by atoms with van der Waals surface area (Å²) >= 11 is 0. The fraction of sp³-hybridized carbons (Fsp3) is 0.545. The molecular weight excluding hydrogens is 190 g/mol. The Morgan fingerprint density at radius 3 is 2.93 bits per heavy atom. The first-order valence-electron chi connectivity index (χ1n) is 5.31. The van der Waals surface area contributed by atoms with Crippen LogP contribution in [0, 0.1) is 0 Å². The molecule has 1 amide bonds. The molecule has 0 fully saturated rings. The molecule has 2 N–H and O–H groups in total. The molecule has 4 heteroatoms. The summed E-state index contributed by atoms with van der Waals surface area (Å²) in [5.74, 6) is 0.108. The van der Waals surface area contributed by atoms with Crippen molar-refractivity contribution in [3.8, 4) is 0 Å². The van der Waals surface area contributed by atoms with Crippen molar-refractivity contribution >= 4 is 5.91 Å². The monoisotopic (exact) mass is 209 g/mol. The van der Waals surface area contributed by atoms with E-state index in [2.05, 4.69) is 21.3 Å². The third kappa shape index (κ3) is 4.16. The molecule has 4 nitrogen and oxygen atoms in total. The molecule has 0 aromatic carbocycles. The molecule has 0 unspecified atom stereocenters. The van der Waals surface area contributed by atoms with Gasteiger partial charge in [-0.2, -0.15) is 0 Å². The third-order valence-electron chi connectivity index (χ3n) is 2.26. The van der Waals surface area contributed by atoms with Crippen LogP contribution in [0.1, 0.15) is 19.0 Å². The fourth-order valence-corrected chi connectivity index (χ4v) is 1.38. The third-order valence-corrected chi connectivity index (χ3v) is 2.26. The van der Waals surface area contributed by atoms with Crippen molar-refractivity contribution in [1.82, 2.24) is 15.2 Å². The van der Waals surface area contributed by atoms with E-state index in [-0.39, 0.29) is 5.91 Å². The Kier molecular flexibility index (Phi) is 4.90. The predicted octanol–water partition coefficient (Wildman–Crippen LogP) is 0.641. The summed E-state index contributed by atoms with van der Waals surface area (Å²) in [5.41, 5.74) is 1.23. The zero-order valence-corrected chi connectivity index (χ0v) is 9.42. The number of carbonyl (C=O) groups is 1. The van der Waals surface area contributed by atoms with E-state index in [1.54, 1.807) is 0 Å². The van der Waals surface area contributed by atoms with E-state index in [0.717, 1.165) is 13.1 Å². The van der Waals surface area contributed by atoms with E-state index >= 15 is 0 Å². The molecule has 15 heavy (non-hydrogen) atoms. The van der Waals surface area contributed by atoms with Crippen LogP contribution in [0.5, 0.6) is 0 Å². The Morgan fingerprint density at radius 1 is 1.53 bits per heavy atom. The highest BCUT2D eigenvalue weighted by Gasteiger charge is 1.99. The van der Waals surface area contributed by atoms with Crippen LogP contribution in [-0.2, 0) is 18.4 Å². The second-order valence-electron chi connectivity index (χ2n) is 3.49. The summed E-state index contributed by atoms with van der Waals surface area (Å²) in [6, 6.07) is 4.08. The van der Waals surface area contributed by atoms with Gasteiger partial charge in [0, 0.05) is 45.0 Å². The smallest absolute Gasteiger partial charge is 0.221 e. The minimum atomic E-state index is 0.108. The molecule has 84 valence electrons. The highest BCUT2D eigenvalue weighted by molar-refractivity contribution is 5.75. The Bertz CT molecular complexity index is 307. The molecular formula is C11H19N3O. The van der Waals surface area contributed by atoms with Gasteiger partial charge in [0.15, 0.2) is 0 Å². The van der Waals surface area contributed by atoms with E-state index in [4.69, 9.17) is 0 Å². The summed E-state index contributed by atoms with van der Waals surface area (Å²) in [6.07, 6.45) is 2.55. The molecule has 0 saturated carbocycles. The number of hydrogen-bond donors (Lipinski definition) is 2. The summed E-state index contributed by atoms with van der Waals surface area (Å²) in [7, 11) is 2.01. The average molecular weight is 209 g/mol. The summed E-state index contributed by atoms with van der Waals surface area (Å²) in [4.78, 5) is 11.1. The van der Waals surface area contributed by atoms with Crippen LogP contribution < -0.4 is 10.6 Å². The van der Waals surface area contributed by atoms with Crippen LogP contribution in [0.25, 0.3) is 0 Å². The molecule has 0 spiro atoms. The molecule has 0 bridgehead atoms. The molecule has 1 heterocycles. The van der Waals surface area contributed by atoms with Gasteiger partial charge in [-0.25, -0.2) is 0 Å². The van der Waals surface area contributed by atoms with Crippen LogP contribution in [0.3, 0.4) is 0 Å².